The standard InChI is InChI=1S/C26H30FNO4/c1-25(2,15-29)23-22(26(3)13-11-16(12-14-26)24(31)32)21-19(5-4-6-20(21)30)28(23)18-9-7-17(27)8-10-18/h4-10,16,29-30H,11-15H2,1-3H3,(H,31,32). The van der Waals surface area contributed by atoms with Crippen LogP contribution >= 0.6 is 0 Å². The van der Waals surface area contributed by atoms with Crippen molar-refractivity contribution < 1.29 is 24.5 Å². The molecule has 6 heteroatoms. The Bertz CT molecular complexity index is 1150. The molecule has 1 aromatic heterocycles. The third kappa shape index (κ3) is 3.56. The van der Waals surface area contributed by atoms with E-state index in [1.807, 2.05) is 24.5 Å². The van der Waals surface area contributed by atoms with Crippen LogP contribution in [0.25, 0.3) is 16.6 Å². The third-order valence-electron chi connectivity index (χ3n) is 7.13. The number of aliphatic hydroxyl groups is 1. The lowest BCUT2D eigenvalue weighted by Crippen LogP contribution is -2.35. The van der Waals surface area contributed by atoms with Crippen LogP contribution in [0.1, 0.15) is 57.7 Å². The second-order valence-corrected chi connectivity index (χ2v) is 9.92. The zero-order valence-electron chi connectivity index (χ0n) is 18.7. The zero-order chi connectivity index (χ0) is 23.3. The van der Waals surface area contributed by atoms with Gasteiger partial charge in [-0.1, -0.05) is 26.8 Å². The molecule has 0 bridgehead atoms. The molecule has 3 aromatic rings. The fourth-order valence-electron chi connectivity index (χ4n) is 5.24. The van der Waals surface area contributed by atoms with Gasteiger partial charge in [-0.15, -0.1) is 0 Å². The van der Waals surface area contributed by atoms with Gasteiger partial charge in [-0.25, -0.2) is 4.39 Å². The monoisotopic (exact) mass is 439 g/mol. The molecule has 1 aliphatic carbocycles. The van der Waals surface area contributed by atoms with E-state index in [-0.39, 0.29) is 29.5 Å². The maximum atomic E-state index is 13.7. The fraction of sp³-hybridized carbons (Fsp3) is 0.423. The summed E-state index contributed by atoms with van der Waals surface area (Å²) in [7, 11) is 0. The molecule has 5 nitrogen and oxygen atoms in total. The number of carbonyl (C=O) groups is 1. The van der Waals surface area contributed by atoms with Crippen LogP contribution in [0.5, 0.6) is 5.75 Å². The van der Waals surface area contributed by atoms with E-state index >= 15 is 0 Å². The smallest absolute Gasteiger partial charge is 0.306 e. The van der Waals surface area contributed by atoms with Crippen LogP contribution in [0.4, 0.5) is 4.39 Å². The van der Waals surface area contributed by atoms with Crippen molar-refractivity contribution >= 4 is 16.9 Å². The van der Waals surface area contributed by atoms with Crippen LogP contribution in [0.15, 0.2) is 42.5 Å². The van der Waals surface area contributed by atoms with Gasteiger partial charge in [0.25, 0.3) is 0 Å². The van der Waals surface area contributed by atoms with Crippen LogP contribution in [0.3, 0.4) is 0 Å². The number of halogens is 1. The van der Waals surface area contributed by atoms with Gasteiger partial charge >= 0.3 is 5.97 Å². The van der Waals surface area contributed by atoms with Crippen molar-refractivity contribution in [1.82, 2.24) is 4.57 Å². The number of hydrogen-bond donors (Lipinski definition) is 3. The van der Waals surface area contributed by atoms with Gasteiger partial charge < -0.3 is 19.9 Å². The first kappa shape index (κ1) is 22.3. The molecule has 0 aliphatic heterocycles. The summed E-state index contributed by atoms with van der Waals surface area (Å²) in [6, 6.07) is 11.6. The molecule has 0 atom stereocenters. The number of phenolic OH excluding ortho intramolecular Hbond substituents is 1. The lowest BCUT2D eigenvalue weighted by molar-refractivity contribution is -0.143. The molecule has 4 rings (SSSR count). The quantitative estimate of drug-likeness (QED) is 0.505. The highest BCUT2D eigenvalue weighted by Crippen LogP contribution is 2.51. The summed E-state index contributed by atoms with van der Waals surface area (Å²) in [5.41, 5.74) is 2.28. The van der Waals surface area contributed by atoms with E-state index in [0.717, 1.165) is 22.5 Å². The van der Waals surface area contributed by atoms with E-state index in [2.05, 4.69) is 6.92 Å². The molecule has 0 spiro atoms. The second kappa shape index (κ2) is 7.93. The molecular weight excluding hydrogens is 409 g/mol. The van der Waals surface area contributed by atoms with Crippen LogP contribution in [-0.2, 0) is 15.6 Å². The predicted molar refractivity (Wildman–Crippen MR) is 122 cm³/mol. The molecular formula is C26H30FNO4. The van der Waals surface area contributed by atoms with Crippen LogP contribution < -0.4 is 0 Å². The number of aliphatic hydroxyl groups excluding tert-OH is 1. The first-order chi connectivity index (χ1) is 15.1. The van der Waals surface area contributed by atoms with Crippen molar-refractivity contribution in [2.75, 3.05) is 6.61 Å². The number of phenols is 1. The number of hydrogen-bond acceptors (Lipinski definition) is 3. The summed E-state index contributed by atoms with van der Waals surface area (Å²) in [4.78, 5) is 11.5. The topological polar surface area (TPSA) is 82.7 Å². The van der Waals surface area contributed by atoms with Gasteiger partial charge in [-0.2, -0.15) is 0 Å². The summed E-state index contributed by atoms with van der Waals surface area (Å²) < 4.78 is 15.7. The Morgan fingerprint density at radius 1 is 1.16 bits per heavy atom. The average molecular weight is 440 g/mol. The number of fused-ring (bicyclic) bond motifs is 1. The number of aliphatic carboxylic acids is 1. The number of benzene rings is 2. The van der Waals surface area contributed by atoms with Gasteiger partial charge in [0.2, 0.25) is 0 Å². The molecule has 170 valence electrons. The molecule has 1 heterocycles. The van der Waals surface area contributed by atoms with E-state index in [4.69, 9.17) is 0 Å². The highest BCUT2D eigenvalue weighted by molar-refractivity contribution is 5.94. The minimum Gasteiger partial charge on any atom is -0.507 e. The number of nitrogens with zero attached hydrogens (tertiary/aromatic N) is 1. The molecule has 0 saturated heterocycles. The largest absolute Gasteiger partial charge is 0.507 e. The Kier molecular flexibility index (Phi) is 5.53. The highest BCUT2D eigenvalue weighted by atomic mass is 19.1. The molecule has 1 fully saturated rings. The third-order valence-corrected chi connectivity index (χ3v) is 7.13. The Balaban J connectivity index is 2.05. The average Bonchev–Trinajstić information content (AvgIpc) is 3.13. The van der Waals surface area contributed by atoms with Gasteiger partial charge in [0, 0.05) is 22.2 Å². The number of rotatable bonds is 5. The van der Waals surface area contributed by atoms with Crippen molar-refractivity contribution in [3.05, 3.63) is 59.5 Å². The Morgan fingerprint density at radius 3 is 2.34 bits per heavy atom. The van der Waals surface area contributed by atoms with Crippen molar-refractivity contribution in [3.8, 4) is 11.4 Å². The molecule has 0 unspecified atom stereocenters. The summed E-state index contributed by atoms with van der Waals surface area (Å²) in [6.45, 7) is 5.91. The van der Waals surface area contributed by atoms with Crippen LogP contribution in [0, 0.1) is 11.7 Å². The predicted octanol–water partition coefficient (Wildman–Crippen LogP) is 5.28. The highest BCUT2D eigenvalue weighted by Gasteiger charge is 2.43. The normalized spacial score (nSPS) is 21.7. The second-order valence-electron chi connectivity index (χ2n) is 9.92. The molecule has 0 radical (unpaired) electrons. The van der Waals surface area contributed by atoms with Gasteiger partial charge in [0.1, 0.15) is 11.6 Å². The maximum absolute atomic E-state index is 13.7. The van der Waals surface area contributed by atoms with E-state index in [1.54, 1.807) is 24.3 Å². The Hall–Kier alpha value is -2.86. The van der Waals surface area contributed by atoms with E-state index in [1.165, 1.54) is 12.1 Å². The summed E-state index contributed by atoms with van der Waals surface area (Å²) in [6.07, 6.45) is 2.44. The van der Waals surface area contributed by atoms with Gasteiger partial charge in [0.05, 0.1) is 18.0 Å². The van der Waals surface area contributed by atoms with Gasteiger partial charge in [-0.3, -0.25) is 4.79 Å². The van der Waals surface area contributed by atoms with E-state index in [9.17, 15) is 24.5 Å². The molecule has 0 amide bonds. The SMILES string of the molecule is CC(C)(CO)c1c(C2(C)CCC(C(=O)O)CC2)c2c(O)cccc2n1-c1ccc(F)cc1. The molecule has 1 aliphatic rings. The first-order valence-electron chi connectivity index (χ1n) is 11.1. The van der Waals surface area contributed by atoms with Crippen LogP contribution in [0.2, 0.25) is 0 Å². The van der Waals surface area contributed by atoms with Gasteiger partial charge in [-0.05, 0) is 73.1 Å². The Labute approximate surface area is 187 Å². The lowest BCUT2D eigenvalue weighted by Gasteiger charge is -2.39. The fourth-order valence-corrected chi connectivity index (χ4v) is 5.24. The van der Waals surface area contributed by atoms with Crippen molar-refractivity contribution in [1.29, 1.82) is 0 Å². The number of carboxylic acids is 1. The van der Waals surface area contributed by atoms with Gasteiger partial charge in [0.15, 0.2) is 0 Å². The first-order valence-corrected chi connectivity index (χ1v) is 11.1. The molecule has 3 N–H and O–H groups in total. The van der Waals surface area contributed by atoms with E-state index in [0.29, 0.717) is 31.1 Å². The van der Waals surface area contributed by atoms with Crippen molar-refractivity contribution in [3.63, 3.8) is 0 Å². The molecule has 32 heavy (non-hydrogen) atoms. The summed E-state index contributed by atoms with van der Waals surface area (Å²) in [5.74, 6) is -1.32. The number of aromatic hydroxyl groups is 1. The van der Waals surface area contributed by atoms with Crippen molar-refractivity contribution in [2.24, 2.45) is 5.92 Å². The molecule has 2 aromatic carbocycles. The van der Waals surface area contributed by atoms with E-state index < -0.39 is 11.4 Å². The maximum Gasteiger partial charge on any atom is 0.306 e. The number of carboxylic acid groups (broad SMARTS) is 1. The lowest BCUT2D eigenvalue weighted by atomic mass is 9.65. The summed E-state index contributed by atoms with van der Waals surface area (Å²) >= 11 is 0. The minimum atomic E-state index is -0.764. The summed E-state index contributed by atoms with van der Waals surface area (Å²) in [5, 5.41) is 31.5. The zero-order valence-corrected chi connectivity index (χ0v) is 18.7. The molecule has 1 saturated carbocycles. The van der Waals surface area contributed by atoms with Crippen molar-refractivity contribution in [2.45, 2.75) is 57.3 Å². The minimum absolute atomic E-state index is 0.119. The Morgan fingerprint density at radius 2 is 1.78 bits per heavy atom. The van der Waals surface area contributed by atoms with Crippen LogP contribution in [-0.4, -0.2) is 32.5 Å². The number of aromatic nitrogens is 1.